The van der Waals surface area contributed by atoms with Crippen LogP contribution in [0.5, 0.6) is 0 Å². The van der Waals surface area contributed by atoms with Crippen molar-refractivity contribution in [1.82, 2.24) is 20.0 Å². The highest BCUT2D eigenvalue weighted by atomic mass is 32.2. The first kappa shape index (κ1) is 18.5. The highest BCUT2D eigenvalue weighted by molar-refractivity contribution is 7.97. The summed E-state index contributed by atoms with van der Waals surface area (Å²) < 4.78 is 3.25. The minimum Gasteiger partial charge on any atom is -0.354 e. The van der Waals surface area contributed by atoms with Gasteiger partial charge in [0.25, 0.3) is 5.91 Å². The van der Waals surface area contributed by atoms with Crippen molar-refractivity contribution >= 4 is 51.6 Å². The standard InChI is InChI=1S/C20H19N5OS2/c26-20(23-11-12-24-28-14-4-2-1-3-5-14)18-17(8-13-27-18)25-16-7-10-22-19-15(16)6-9-21-19/h1-10,13,24H,11-12H2,(H,23,26)(H2,21,22,25). The fraction of sp³-hybridized carbons (Fsp3) is 0.100. The summed E-state index contributed by atoms with van der Waals surface area (Å²) in [5.41, 5.74) is 2.52. The summed E-state index contributed by atoms with van der Waals surface area (Å²) in [6.45, 7) is 1.22. The third-order valence-corrected chi connectivity index (χ3v) is 5.82. The smallest absolute Gasteiger partial charge is 0.263 e. The number of pyridine rings is 1. The van der Waals surface area contributed by atoms with E-state index in [1.165, 1.54) is 11.3 Å². The van der Waals surface area contributed by atoms with E-state index in [-0.39, 0.29) is 5.91 Å². The molecule has 1 amide bonds. The van der Waals surface area contributed by atoms with Gasteiger partial charge in [0, 0.05) is 35.8 Å². The Morgan fingerprint density at radius 1 is 1.07 bits per heavy atom. The number of carbonyl (C=O) groups excluding carboxylic acids is 1. The van der Waals surface area contributed by atoms with Crippen LogP contribution in [-0.4, -0.2) is 29.0 Å². The molecule has 8 heteroatoms. The maximum Gasteiger partial charge on any atom is 0.263 e. The van der Waals surface area contributed by atoms with Crippen molar-refractivity contribution in [3.8, 4) is 0 Å². The van der Waals surface area contributed by atoms with E-state index in [9.17, 15) is 4.79 Å². The van der Waals surface area contributed by atoms with Gasteiger partial charge >= 0.3 is 0 Å². The van der Waals surface area contributed by atoms with Crippen molar-refractivity contribution in [2.24, 2.45) is 0 Å². The average Bonchev–Trinajstić information content (AvgIpc) is 3.38. The third kappa shape index (κ3) is 4.36. The predicted octanol–water partition coefficient (Wildman–Crippen LogP) is 4.39. The number of nitrogens with zero attached hydrogens (tertiary/aromatic N) is 1. The molecule has 0 spiro atoms. The maximum atomic E-state index is 12.6. The van der Waals surface area contributed by atoms with Gasteiger partial charge in [0.1, 0.15) is 10.5 Å². The number of aromatic amines is 1. The molecule has 6 nitrogen and oxygen atoms in total. The Bertz CT molecular complexity index is 1060. The fourth-order valence-corrected chi connectivity index (χ4v) is 4.16. The van der Waals surface area contributed by atoms with E-state index in [1.54, 1.807) is 18.1 Å². The van der Waals surface area contributed by atoms with Crippen molar-refractivity contribution in [3.05, 3.63) is 71.2 Å². The van der Waals surface area contributed by atoms with Crippen molar-refractivity contribution in [3.63, 3.8) is 0 Å². The molecule has 1 aromatic carbocycles. The molecule has 3 heterocycles. The normalized spacial score (nSPS) is 10.9. The molecule has 0 saturated carbocycles. The highest BCUT2D eigenvalue weighted by Gasteiger charge is 2.14. The van der Waals surface area contributed by atoms with E-state index in [4.69, 9.17) is 0 Å². The molecule has 4 aromatic rings. The quantitative estimate of drug-likeness (QED) is 0.256. The Kier molecular flexibility index (Phi) is 5.91. The van der Waals surface area contributed by atoms with Gasteiger partial charge in [-0.1, -0.05) is 18.2 Å². The monoisotopic (exact) mass is 409 g/mol. The van der Waals surface area contributed by atoms with Crippen LogP contribution in [0.4, 0.5) is 11.4 Å². The molecule has 4 rings (SSSR count). The zero-order chi connectivity index (χ0) is 19.2. The zero-order valence-corrected chi connectivity index (χ0v) is 16.6. The lowest BCUT2D eigenvalue weighted by molar-refractivity contribution is 0.0959. The molecule has 28 heavy (non-hydrogen) atoms. The summed E-state index contributed by atoms with van der Waals surface area (Å²) in [4.78, 5) is 21.8. The molecule has 0 aliphatic heterocycles. The van der Waals surface area contributed by atoms with Crippen molar-refractivity contribution < 1.29 is 4.79 Å². The van der Waals surface area contributed by atoms with Gasteiger partial charge in [-0.2, -0.15) is 0 Å². The molecular formula is C20H19N5OS2. The molecule has 0 bridgehead atoms. The summed E-state index contributed by atoms with van der Waals surface area (Å²) in [5.74, 6) is -0.0802. The molecule has 4 N–H and O–H groups in total. The minimum atomic E-state index is -0.0802. The van der Waals surface area contributed by atoms with E-state index in [0.29, 0.717) is 18.0 Å². The molecule has 0 radical (unpaired) electrons. The minimum absolute atomic E-state index is 0.0802. The van der Waals surface area contributed by atoms with Crippen LogP contribution >= 0.6 is 23.3 Å². The van der Waals surface area contributed by atoms with Crippen molar-refractivity contribution in [1.29, 1.82) is 0 Å². The zero-order valence-electron chi connectivity index (χ0n) is 14.9. The van der Waals surface area contributed by atoms with Crippen LogP contribution in [0.1, 0.15) is 9.67 Å². The number of hydrogen-bond acceptors (Lipinski definition) is 6. The summed E-state index contributed by atoms with van der Waals surface area (Å²) in [5, 5.41) is 9.22. The van der Waals surface area contributed by atoms with E-state index in [0.717, 1.165) is 27.3 Å². The molecule has 0 atom stereocenters. The Labute approximate surface area is 170 Å². The molecule has 142 valence electrons. The largest absolute Gasteiger partial charge is 0.354 e. The fourth-order valence-electron chi connectivity index (χ4n) is 2.73. The molecule has 0 aliphatic rings. The van der Waals surface area contributed by atoms with Gasteiger partial charge in [-0.15, -0.1) is 11.3 Å². The third-order valence-electron chi connectivity index (χ3n) is 4.05. The Morgan fingerprint density at radius 3 is 2.86 bits per heavy atom. The van der Waals surface area contributed by atoms with Crippen LogP contribution in [0.25, 0.3) is 11.0 Å². The first-order valence-corrected chi connectivity index (χ1v) is 10.5. The summed E-state index contributed by atoms with van der Waals surface area (Å²) in [6.07, 6.45) is 3.59. The lowest BCUT2D eigenvalue weighted by atomic mass is 10.2. The Morgan fingerprint density at radius 2 is 1.96 bits per heavy atom. The van der Waals surface area contributed by atoms with Gasteiger partial charge in [-0.05, 0) is 47.7 Å². The van der Waals surface area contributed by atoms with Gasteiger partial charge in [0.2, 0.25) is 0 Å². The molecule has 3 aromatic heterocycles. The predicted molar refractivity (Wildman–Crippen MR) is 116 cm³/mol. The van der Waals surface area contributed by atoms with Crippen molar-refractivity contribution in [2.45, 2.75) is 4.90 Å². The molecule has 0 saturated heterocycles. The number of aromatic nitrogens is 2. The van der Waals surface area contributed by atoms with Crippen molar-refractivity contribution in [2.75, 3.05) is 18.4 Å². The number of H-pyrrole nitrogens is 1. The lowest BCUT2D eigenvalue weighted by Gasteiger charge is -2.09. The highest BCUT2D eigenvalue weighted by Crippen LogP contribution is 2.29. The number of thiophene rings is 1. The first-order valence-electron chi connectivity index (χ1n) is 8.81. The van der Waals surface area contributed by atoms with Gasteiger partial charge < -0.3 is 15.6 Å². The molecule has 0 aliphatic carbocycles. The van der Waals surface area contributed by atoms with Crippen LogP contribution in [0.3, 0.4) is 0 Å². The van der Waals surface area contributed by atoms with Crippen LogP contribution in [0, 0.1) is 0 Å². The lowest BCUT2D eigenvalue weighted by Crippen LogP contribution is -2.29. The molecule has 0 unspecified atom stereocenters. The van der Waals surface area contributed by atoms with Gasteiger partial charge in [0.05, 0.1) is 11.4 Å². The Balaban J connectivity index is 1.32. The first-order chi connectivity index (χ1) is 13.8. The van der Waals surface area contributed by atoms with Crippen LogP contribution in [0.2, 0.25) is 0 Å². The SMILES string of the molecule is O=C(NCCNSc1ccccc1)c1sccc1Nc1ccnc2[nH]ccc12. The van der Waals surface area contributed by atoms with Gasteiger partial charge in [-0.25, -0.2) is 4.98 Å². The second-order valence-corrected chi connectivity index (χ2v) is 7.83. The van der Waals surface area contributed by atoms with Crippen LogP contribution in [0.15, 0.2) is 71.2 Å². The van der Waals surface area contributed by atoms with E-state index in [1.807, 2.05) is 60.1 Å². The van der Waals surface area contributed by atoms with E-state index < -0.39 is 0 Å². The number of hydrogen-bond donors (Lipinski definition) is 4. The van der Waals surface area contributed by atoms with Crippen LogP contribution in [-0.2, 0) is 0 Å². The second kappa shape index (κ2) is 8.92. The second-order valence-electron chi connectivity index (χ2n) is 5.95. The summed E-state index contributed by atoms with van der Waals surface area (Å²) in [7, 11) is 0. The topological polar surface area (TPSA) is 81.8 Å². The number of anilines is 2. The van der Waals surface area contributed by atoms with E-state index in [2.05, 4.69) is 25.3 Å². The number of fused-ring (bicyclic) bond motifs is 1. The summed E-state index contributed by atoms with van der Waals surface area (Å²) in [6, 6.07) is 15.9. The molecular weight excluding hydrogens is 390 g/mol. The molecule has 0 fully saturated rings. The number of rotatable bonds is 8. The average molecular weight is 410 g/mol. The number of amides is 1. The maximum absolute atomic E-state index is 12.6. The van der Waals surface area contributed by atoms with E-state index >= 15 is 0 Å². The number of nitrogens with one attached hydrogen (secondary N) is 4. The summed E-state index contributed by atoms with van der Waals surface area (Å²) >= 11 is 2.98. The van der Waals surface area contributed by atoms with Gasteiger partial charge in [0.15, 0.2) is 0 Å². The van der Waals surface area contributed by atoms with Crippen LogP contribution < -0.4 is 15.4 Å². The number of carbonyl (C=O) groups is 1. The Hall–Kier alpha value is -2.81. The van der Waals surface area contributed by atoms with Gasteiger partial charge in [-0.3, -0.25) is 9.52 Å². The number of benzene rings is 1.